The number of pyridine rings is 1. The molecule has 166 valence electrons. The first kappa shape index (κ1) is 23.8. The smallest absolute Gasteiger partial charge is 0.303 e. The van der Waals surface area contributed by atoms with Gasteiger partial charge in [-0.1, -0.05) is 23.2 Å². The SMILES string of the molecule is C[C@H]1CN(C(=O)c2ccc(SCC(=O)C(C)(F)F)c(Cl)c2)CCN1c1cc(Cl)ccn1. The van der Waals surface area contributed by atoms with Crippen LogP contribution < -0.4 is 4.90 Å². The summed E-state index contributed by atoms with van der Waals surface area (Å²) in [5.74, 6) is -4.35. The summed E-state index contributed by atoms with van der Waals surface area (Å²) in [4.78, 5) is 33.0. The monoisotopic (exact) mass is 487 g/mol. The Morgan fingerprint density at radius 2 is 1.97 bits per heavy atom. The number of ketones is 1. The largest absolute Gasteiger partial charge is 0.350 e. The summed E-state index contributed by atoms with van der Waals surface area (Å²) in [6.45, 7) is 4.19. The van der Waals surface area contributed by atoms with Crippen molar-refractivity contribution in [2.24, 2.45) is 0 Å². The molecular weight excluding hydrogens is 467 g/mol. The predicted molar refractivity (Wildman–Crippen MR) is 120 cm³/mol. The van der Waals surface area contributed by atoms with Crippen LogP contribution in [0.3, 0.4) is 0 Å². The first-order valence-corrected chi connectivity index (χ1v) is 11.3. The van der Waals surface area contributed by atoms with Crippen molar-refractivity contribution >= 4 is 52.5 Å². The Kier molecular flexibility index (Phi) is 7.44. The van der Waals surface area contributed by atoms with Gasteiger partial charge in [0.2, 0.25) is 5.78 Å². The third-order valence-corrected chi connectivity index (χ3v) is 6.68. The lowest BCUT2D eigenvalue weighted by Crippen LogP contribution is -2.54. The molecule has 5 nitrogen and oxygen atoms in total. The molecule has 0 radical (unpaired) electrons. The van der Waals surface area contributed by atoms with Crippen LogP contribution in [-0.2, 0) is 4.79 Å². The van der Waals surface area contributed by atoms with Crippen molar-refractivity contribution in [2.45, 2.75) is 30.7 Å². The second-order valence-electron chi connectivity index (χ2n) is 7.37. The summed E-state index contributed by atoms with van der Waals surface area (Å²) < 4.78 is 26.0. The van der Waals surface area contributed by atoms with Crippen molar-refractivity contribution in [3.8, 4) is 0 Å². The topological polar surface area (TPSA) is 53.5 Å². The van der Waals surface area contributed by atoms with Gasteiger partial charge >= 0.3 is 5.92 Å². The minimum absolute atomic E-state index is 0.0377. The van der Waals surface area contributed by atoms with Crippen LogP contribution in [0.2, 0.25) is 10.0 Å². The van der Waals surface area contributed by atoms with Crippen LogP contribution in [0, 0.1) is 0 Å². The van der Waals surface area contributed by atoms with Crippen LogP contribution in [0.4, 0.5) is 14.6 Å². The van der Waals surface area contributed by atoms with Crippen LogP contribution in [0.25, 0.3) is 0 Å². The summed E-state index contributed by atoms with van der Waals surface area (Å²) in [6, 6.07) is 8.24. The van der Waals surface area contributed by atoms with E-state index in [-0.39, 0.29) is 17.0 Å². The Hall–Kier alpha value is -1.90. The number of rotatable bonds is 6. The van der Waals surface area contributed by atoms with Gasteiger partial charge in [-0.25, -0.2) is 4.98 Å². The Labute approximate surface area is 193 Å². The van der Waals surface area contributed by atoms with Gasteiger partial charge in [0, 0.05) is 54.3 Å². The van der Waals surface area contributed by atoms with Crippen LogP contribution in [0.5, 0.6) is 0 Å². The maximum Gasteiger partial charge on any atom is 0.303 e. The average Bonchev–Trinajstić information content (AvgIpc) is 2.71. The number of carbonyl (C=O) groups is 2. The zero-order chi connectivity index (χ0) is 22.8. The molecule has 3 rings (SSSR count). The summed E-state index contributed by atoms with van der Waals surface area (Å²) in [5, 5.41) is 0.852. The third kappa shape index (κ3) is 5.87. The number of alkyl halides is 2. The number of Topliss-reactive ketones (excluding diaryl/α,β-unsaturated/α-hetero) is 1. The summed E-state index contributed by atoms with van der Waals surface area (Å²) in [7, 11) is 0. The molecule has 0 bridgehead atoms. The number of halogens is 4. The lowest BCUT2D eigenvalue weighted by molar-refractivity contribution is -0.137. The predicted octanol–water partition coefficient (Wildman–Crippen LogP) is 5.06. The molecule has 0 saturated carbocycles. The second kappa shape index (κ2) is 9.71. The van der Waals surface area contributed by atoms with E-state index >= 15 is 0 Å². The fraction of sp³-hybridized carbons (Fsp3) is 0.381. The van der Waals surface area contributed by atoms with Crippen molar-refractivity contribution in [1.82, 2.24) is 9.88 Å². The van der Waals surface area contributed by atoms with Gasteiger partial charge < -0.3 is 9.80 Å². The number of amides is 1. The number of carbonyl (C=O) groups excluding carboxylic acids is 2. The highest BCUT2D eigenvalue weighted by Gasteiger charge is 2.32. The van der Waals surface area contributed by atoms with E-state index in [2.05, 4.69) is 9.88 Å². The van der Waals surface area contributed by atoms with E-state index in [0.717, 1.165) is 17.6 Å². The van der Waals surface area contributed by atoms with E-state index in [1.165, 1.54) is 6.07 Å². The molecule has 1 aliphatic heterocycles. The van der Waals surface area contributed by atoms with Crippen molar-refractivity contribution < 1.29 is 18.4 Å². The van der Waals surface area contributed by atoms with Crippen molar-refractivity contribution in [3.05, 3.63) is 52.1 Å². The van der Waals surface area contributed by atoms with Gasteiger partial charge in [0.25, 0.3) is 5.91 Å². The molecule has 0 aliphatic carbocycles. The minimum Gasteiger partial charge on any atom is -0.350 e. The maximum absolute atomic E-state index is 13.0. The molecule has 2 aromatic rings. The molecule has 2 heterocycles. The maximum atomic E-state index is 13.0. The molecule has 1 aromatic carbocycles. The van der Waals surface area contributed by atoms with Gasteiger partial charge in [0.05, 0.1) is 10.8 Å². The van der Waals surface area contributed by atoms with Crippen molar-refractivity contribution in [3.63, 3.8) is 0 Å². The number of aromatic nitrogens is 1. The number of hydrogen-bond acceptors (Lipinski definition) is 5. The Morgan fingerprint density at radius 3 is 2.58 bits per heavy atom. The quantitative estimate of drug-likeness (QED) is 0.533. The summed E-state index contributed by atoms with van der Waals surface area (Å²) >= 11 is 13.2. The molecule has 0 unspecified atom stereocenters. The van der Waals surface area contributed by atoms with E-state index < -0.39 is 17.5 Å². The zero-order valence-corrected chi connectivity index (χ0v) is 19.3. The molecule has 10 heteroatoms. The molecule has 1 aliphatic rings. The molecule has 1 aromatic heterocycles. The summed E-state index contributed by atoms with van der Waals surface area (Å²) in [5.41, 5.74) is 0.406. The highest BCUT2D eigenvalue weighted by Crippen LogP contribution is 2.30. The van der Waals surface area contributed by atoms with Crippen LogP contribution in [-0.4, -0.2) is 58.9 Å². The first-order valence-electron chi connectivity index (χ1n) is 9.57. The number of hydrogen-bond donors (Lipinski definition) is 0. The number of anilines is 1. The lowest BCUT2D eigenvalue weighted by Gasteiger charge is -2.40. The fourth-order valence-electron chi connectivity index (χ4n) is 3.24. The molecule has 0 spiro atoms. The first-order chi connectivity index (χ1) is 14.6. The van der Waals surface area contributed by atoms with Gasteiger partial charge in [-0.2, -0.15) is 8.78 Å². The lowest BCUT2D eigenvalue weighted by atomic mass is 10.1. The summed E-state index contributed by atoms with van der Waals surface area (Å²) in [6.07, 6.45) is 1.65. The van der Waals surface area contributed by atoms with E-state index in [0.29, 0.717) is 42.0 Å². The van der Waals surface area contributed by atoms with E-state index in [1.54, 1.807) is 35.4 Å². The van der Waals surface area contributed by atoms with Crippen LogP contribution >= 0.6 is 35.0 Å². The molecule has 1 fully saturated rings. The number of nitrogens with zero attached hydrogens (tertiary/aromatic N) is 3. The molecule has 31 heavy (non-hydrogen) atoms. The highest BCUT2D eigenvalue weighted by molar-refractivity contribution is 8.00. The van der Waals surface area contributed by atoms with Crippen LogP contribution in [0.1, 0.15) is 24.2 Å². The molecule has 0 N–H and O–H groups in total. The van der Waals surface area contributed by atoms with Gasteiger partial charge in [0.1, 0.15) is 5.82 Å². The van der Waals surface area contributed by atoms with Gasteiger partial charge in [-0.05, 0) is 37.3 Å². The Balaban J connectivity index is 1.64. The van der Waals surface area contributed by atoms with Gasteiger partial charge in [0.15, 0.2) is 0 Å². The highest BCUT2D eigenvalue weighted by atomic mass is 35.5. The number of benzene rings is 1. The second-order valence-corrected chi connectivity index (χ2v) is 9.23. The van der Waals surface area contributed by atoms with E-state index in [4.69, 9.17) is 23.2 Å². The number of piperazine rings is 1. The average molecular weight is 488 g/mol. The molecular formula is C21H21Cl2F2N3O2S. The van der Waals surface area contributed by atoms with Gasteiger partial charge in [-0.15, -0.1) is 11.8 Å². The number of thioether (sulfide) groups is 1. The zero-order valence-electron chi connectivity index (χ0n) is 16.9. The third-order valence-electron chi connectivity index (χ3n) is 4.94. The fourth-order valence-corrected chi connectivity index (χ4v) is 4.64. The van der Waals surface area contributed by atoms with Gasteiger partial charge in [-0.3, -0.25) is 9.59 Å². The molecule has 1 amide bonds. The normalized spacial score (nSPS) is 17.0. The molecule has 1 atom stereocenters. The molecule has 1 saturated heterocycles. The van der Waals surface area contributed by atoms with Crippen molar-refractivity contribution in [2.75, 3.05) is 30.3 Å². The van der Waals surface area contributed by atoms with Crippen LogP contribution in [0.15, 0.2) is 41.4 Å². The minimum atomic E-state index is -3.38. The van der Waals surface area contributed by atoms with E-state index in [9.17, 15) is 18.4 Å². The Bertz CT molecular complexity index is 987. The van der Waals surface area contributed by atoms with Crippen molar-refractivity contribution in [1.29, 1.82) is 0 Å². The standard InChI is InChI=1S/C21H21Cl2F2N3O2S/c1-13-11-27(7-8-28(13)19-10-15(22)5-6-26-19)20(30)14-3-4-17(16(23)9-14)31-12-18(29)21(2,24)25/h3-6,9-10,13H,7-8,11-12H2,1-2H3/t13-/m0/s1. The van der Waals surface area contributed by atoms with E-state index in [1.807, 2.05) is 6.92 Å². The Morgan fingerprint density at radius 1 is 1.23 bits per heavy atom.